The van der Waals surface area contributed by atoms with E-state index in [1.165, 1.54) is 33.7 Å². The Kier molecular flexibility index (Phi) is 12.0. The lowest BCUT2D eigenvalue weighted by atomic mass is 10.0. The van der Waals surface area contributed by atoms with Crippen molar-refractivity contribution in [3.8, 4) is 11.1 Å². The lowest BCUT2D eigenvalue weighted by Gasteiger charge is -2.28. The van der Waals surface area contributed by atoms with Gasteiger partial charge in [-0.05, 0) is 78.2 Å². The number of rotatable bonds is 13. The second-order valence-corrected chi connectivity index (χ2v) is 12.5. The molecule has 0 bridgehead atoms. The van der Waals surface area contributed by atoms with Crippen molar-refractivity contribution in [1.82, 2.24) is 19.4 Å². The zero-order valence-corrected chi connectivity index (χ0v) is 28.9. The van der Waals surface area contributed by atoms with E-state index in [0.717, 1.165) is 36.4 Å². The molecular weight excluding hydrogens is 708 g/mol. The summed E-state index contributed by atoms with van der Waals surface area (Å²) >= 11 is 0. The highest BCUT2D eigenvalue weighted by atomic mass is 19.4. The number of likely N-dealkylation sites (N-methyl/N-ethyl adjacent to an activating group) is 1. The largest absolute Gasteiger partial charge is 0.416 e. The Hall–Kier alpha value is -5.11. The maximum Gasteiger partial charge on any atom is 0.416 e. The summed E-state index contributed by atoms with van der Waals surface area (Å²) < 4.78 is 110. The number of alkyl halides is 6. The van der Waals surface area contributed by atoms with Gasteiger partial charge in [-0.25, -0.2) is 8.78 Å². The van der Waals surface area contributed by atoms with Crippen LogP contribution in [0.4, 0.5) is 35.1 Å². The molecule has 0 aliphatic rings. The van der Waals surface area contributed by atoms with Crippen LogP contribution in [0.5, 0.6) is 0 Å². The Labute approximate surface area is 300 Å². The first-order chi connectivity index (χ1) is 25.1. The molecule has 1 amide bonds. The number of amides is 1. The average Bonchev–Trinajstić information content (AvgIpc) is 3.12. The van der Waals surface area contributed by atoms with Gasteiger partial charge in [-0.15, -0.1) is 0 Å². The van der Waals surface area contributed by atoms with Crippen LogP contribution in [-0.4, -0.2) is 51.4 Å². The van der Waals surface area contributed by atoms with E-state index in [1.54, 1.807) is 24.3 Å². The first-order valence-electron chi connectivity index (χ1n) is 16.9. The highest BCUT2D eigenvalue weighted by molar-refractivity contribution is 5.83. The van der Waals surface area contributed by atoms with Crippen molar-refractivity contribution in [1.29, 1.82) is 0 Å². The topological polar surface area (TPSA) is 58.4 Å². The maximum absolute atomic E-state index is 14.5. The molecule has 0 saturated carbocycles. The molecule has 1 heterocycles. The number of aromatic nitrogens is 2. The van der Waals surface area contributed by atoms with Crippen molar-refractivity contribution in [2.24, 2.45) is 0 Å². The van der Waals surface area contributed by atoms with Crippen LogP contribution in [0.1, 0.15) is 41.9 Å². The summed E-state index contributed by atoms with van der Waals surface area (Å²) in [5.74, 6) is -2.79. The molecule has 280 valence electrons. The number of halogens is 8. The van der Waals surface area contributed by atoms with Gasteiger partial charge < -0.3 is 14.4 Å². The van der Waals surface area contributed by atoms with E-state index in [1.807, 2.05) is 13.8 Å². The average molecular weight is 745 g/mol. The van der Waals surface area contributed by atoms with Gasteiger partial charge in [0.05, 0.1) is 22.0 Å². The van der Waals surface area contributed by atoms with Crippen molar-refractivity contribution in [3.05, 3.63) is 135 Å². The zero-order valence-electron chi connectivity index (χ0n) is 28.9. The summed E-state index contributed by atoms with van der Waals surface area (Å²) in [4.78, 5) is 34.9. The van der Waals surface area contributed by atoms with Gasteiger partial charge in [-0.1, -0.05) is 62.4 Å². The van der Waals surface area contributed by atoms with Crippen molar-refractivity contribution in [3.63, 3.8) is 0 Å². The molecule has 53 heavy (non-hydrogen) atoms. The van der Waals surface area contributed by atoms with Gasteiger partial charge in [0.15, 0.2) is 11.6 Å². The minimum atomic E-state index is -4.77. The fourth-order valence-electron chi connectivity index (χ4n) is 6.05. The van der Waals surface area contributed by atoms with Gasteiger partial charge in [0.25, 0.3) is 5.56 Å². The van der Waals surface area contributed by atoms with Gasteiger partial charge in [0.1, 0.15) is 12.4 Å². The molecule has 0 aliphatic carbocycles. The van der Waals surface area contributed by atoms with Crippen LogP contribution in [-0.2, 0) is 43.1 Å². The number of benzene rings is 4. The van der Waals surface area contributed by atoms with E-state index in [0.29, 0.717) is 36.3 Å². The first kappa shape index (κ1) is 39.1. The quantitative estimate of drug-likeness (QED) is 0.114. The van der Waals surface area contributed by atoms with Gasteiger partial charge in [-0.2, -0.15) is 31.3 Å². The highest BCUT2D eigenvalue weighted by Gasteiger charge is 2.32. The van der Waals surface area contributed by atoms with Crippen molar-refractivity contribution < 1.29 is 39.9 Å². The number of fused-ring (bicyclic) bond motifs is 1. The summed E-state index contributed by atoms with van der Waals surface area (Å²) in [7, 11) is 0. The summed E-state index contributed by atoms with van der Waals surface area (Å²) in [6.45, 7) is 5.55. The molecule has 0 unspecified atom stereocenters. The number of hydrogen-bond donors (Lipinski definition) is 0. The molecule has 0 fully saturated rings. The van der Waals surface area contributed by atoms with Crippen LogP contribution in [0.3, 0.4) is 0 Å². The van der Waals surface area contributed by atoms with Crippen molar-refractivity contribution >= 4 is 16.8 Å². The predicted molar refractivity (Wildman–Crippen MR) is 185 cm³/mol. The molecule has 5 aromatic rings. The number of aryl methyl sites for hydroxylation is 2. The van der Waals surface area contributed by atoms with Crippen LogP contribution >= 0.6 is 0 Å². The van der Waals surface area contributed by atoms with Crippen LogP contribution < -0.4 is 5.56 Å². The highest BCUT2D eigenvalue weighted by Crippen LogP contribution is 2.32. The molecule has 4 aromatic carbocycles. The van der Waals surface area contributed by atoms with Gasteiger partial charge in [-0.3, -0.25) is 9.59 Å². The standard InChI is InChI=1S/C39H36F8N4O2/c1-3-49(4-2)20-21-50(23-25-8-10-26(11-9-25)27-12-15-29(16-13-27)38(42,43)44)35(52)24-51-33-22-30(39(45,46)47)17-18-31(33)37(53)48-34(51)19-14-28-6-5-7-32(40)36(28)41/h5-13,15-18,22H,3-4,14,19-21,23-24H2,1-2H3. The molecule has 0 N–H and O–H groups in total. The van der Waals surface area contributed by atoms with E-state index in [9.17, 15) is 44.7 Å². The predicted octanol–water partition coefficient (Wildman–Crippen LogP) is 8.54. The zero-order chi connectivity index (χ0) is 38.5. The molecule has 0 saturated heterocycles. The Bertz CT molecular complexity index is 2110. The molecule has 5 rings (SSSR count). The van der Waals surface area contributed by atoms with Gasteiger partial charge >= 0.3 is 12.4 Å². The van der Waals surface area contributed by atoms with E-state index < -0.39 is 53.1 Å². The van der Waals surface area contributed by atoms with Crippen molar-refractivity contribution in [2.75, 3.05) is 26.2 Å². The van der Waals surface area contributed by atoms with Crippen molar-refractivity contribution in [2.45, 2.75) is 52.1 Å². The third-order valence-corrected chi connectivity index (χ3v) is 9.14. The molecule has 14 heteroatoms. The summed E-state index contributed by atoms with van der Waals surface area (Å²) in [6, 6.07) is 17.7. The molecule has 6 nitrogen and oxygen atoms in total. The molecule has 0 spiro atoms. The van der Waals surface area contributed by atoms with Crippen LogP contribution in [0, 0.1) is 11.6 Å². The molecular formula is C39H36F8N4O2. The second kappa shape index (κ2) is 16.3. The molecule has 0 radical (unpaired) electrons. The van der Waals surface area contributed by atoms with E-state index in [-0.39, 0.29) is 48.2 Å². The lowest BCUT2D eigenvalue weighted by Crippen LogP contribution is -2.40. The molecule has 0 atom stereocenters. The summed E-state index contributed by atoms with van der Waals surface area (Å²) in [6.07, 6.45) is -9.59. The molecule has 1 aromatic heterocycles. The SMILES string of the molecule is CCN(CC)CCN(Cc1ccc(-c2ccc(C(F)(F)F)cc2)cc1)C(=O)Cn1c(CCc2cccc(F)c2F)nc(=O)c2ccc(C(F)(F)F)cc21. The maximum atomic E-state index is 14.5. The summed E-state index contributed by atoms with van der Waals surface area (Å²) in [5, 5.41) is -0.153. The Balaban J connectivity index is 1.49. The third kappa shape index (κ3) is 9.47. The number of nitrogens with zero attached hydrogens (tertiary/aromatic N) is 4. The smallest absolute Gasteiger partial charge is 0.336 e. The Morgan fingerprint density at radius 3 is 1.96 bits per heavy atom. The summed E-state index contributed by atoms with van der Waals surface area (Å²) in [5.41, 5.74) is -1.00. The fourth-order valence-corrected chi connectivity index (χ4v) is 6.05. The lowest BCUT2D eigenvalue weighted by molar-refractivity contribution is -0.138. The number of carbonyl (C=O) groups excluding carboxylic acids is 1. The monoisotopic (exact) mass is 744 g/mol. The first-order valence-corrected chi connectivity index (χ1v) is 16.9. The minimum absolute atomic E-state index is 0.0399. The second-order valence-electron chi connectivity index (χ2n) is 12.5. The Morgan fingerprint density at radius 2 is 1.36 bits per heavy atom. The van der Waals surface area contributed by atoms with Gasteiger partial charge in [0.2, 0.25) is 5.91 Å². The normalized spacial score (nSPS) is 12.1. The fraction of sp³-hybridized carbons (Fsp3) is 0.308. The van der Waals surface area contributed by atoms with Gasteiger partial charge in [0, 0.05) is 26.1 Å². The van der Waals surface area contributed by atoms with Crippen LogP contribution in [0.15, 0.2) is 89.7 Å². The Morgan fingerprint density at radius 1 is 0.755 bits per heavy atom. The van der Waals surface area contributed by atoms with Crippen LogP contribution in [0.25, 0.3) is 22.0 Å². The van der Waals surface area contributed by atoms with E-state index >= 15 is 0 Å². The third-order valence-electron chi connectivity index (χ3n) is 9.14. The number of carbonyl (C=O) groups is 1. The van der Waals surface area contributed by atoms with E-state index in [4.69, 9.17) is 0 Å². The van der Waals surface area contributed by atoms with Crippen LogP contribution in [0.2, 0.25) is 0 Å². The number of hydrogen-bond acceptors (Lipinski definition) is 4. The van der Waals surface area contributed by atoms with E-state index in [2.05, 4.69) is 9.88 Å². The minimum Gasteiger partial charge on any atom is -0.336 e. The molecule has 0 aliphatic heterocycles.